The SMILES string of the molecule is CCCC1CCCC/C=C\CCCC(=O)NCCN1.CCCC1CCCC/C=C\CCCC(=O)NCCO1.CCCC1CCCC/C=C\CCCC(=O)OCCN1.O=C1CCC/C=C\CCCCCCCCCN1.O=C1CCC/C=C\CCCCCCCCCO1. The predicted molar refractivity (Wildman–Crippen MR) is 383 cm³/mol. The first-order chi connectivity index (χ1) is 44.8. The van der Waals surface area contributed by atoms with E-state index in [-0.39, 0.29) is 29.7 Å². The number of esters is 2. The number of allylic oxidation sites excluding steroid dienone is 10. The average molecular weight is 1280 g/mol. The van der Waals surface area contributed by atoms with Crippen molar-refractivity contribution in [2.75, 3.05) is 52.5 Å². The number of rotatable bonds is 6. The molecule has 0 spiro atoms. The van der Waals surface area contributed by atoms with Crippen LogP contribution in [0.4, 0.5) is 0 Å². The van der Waals surface area contributed by atoms with Gasteiger partial charge < -0.3 is 40.8 Å². The second-order valence-electron chi connectivity index (χ2n) is 25.9. The zero-order valence-corrected chi connectivity index (χ0v) is 59.1. The molecule has 5 aliphatic rings. The molecule has 13 nitrogen and oxygen atoms in total. The molecule has 0 aliphatic carbocycles. The van der Waals surface area contributed by atoms with Gasteiger partial charge in [0.15, 0.2) is 0 Å². The van der Waals surface area contributed by atoms with E-state index in [1.165, 1.54) is 180 Å². The van der Waals surface area contributed by atoms with Gasteiger partial charge in [-0.3, -0.25) is 24.0 Å². The average Bonchev–Trinajstić information content (AvgIpc) is 3.60. The van der Waals surface area contributed by atoms with Crippen molar-refractivity contribution in [3.63, 3.8) is 0 Å². The predicted octanol–water partition coefficient (Wildman–Crippen LogP) is 18.7. The van der Waals surface area contributed by atoms with Gasteiger partial charge in [-0.2, -0.15) is 0 Å². The molecule has 91 heavy (non-hydrogen) atoms. The summed E-state index contributed by atoms with van der Waals surface area (Å²) in [6.45, 7) is 12.4. The van der Waals surface area contributed by atoms with Crippen molar-refractivity contribution in [1.82, 2.24) is 26.6 Å². The van der Waals surface area contributed by atoms with Gasteiger partial charge in [-0.15, -0.1) is 0 Å². The van der Waals surface area contributed by atoms with Gasteiger partial charge >= 0.3 is 11.9 Å². The van der Waals surface area contributed by atoms with Crippen molar-refractivity contribution in [1.29, 1.82) is 0 Å². The summed E-state index contributed by atoms with van der Waals surface area (Å²) >= 11 is 0. The molecule has 5 heterocycles. The Kier molecular flexibility index (Phi) is 64.2. The van der Waals surface area contributed by atoms with E-state index in [9.17, 15) is 24.0 Å². The number of cyclic esters (lactones) is 2. The molecule has 3 amide bonds. The fourth-order valence-corrected chi connectivity index (χ4v) is 11.7. The highest BCUT2D eigenvalue weighted by atomic mass is 16.5. The van der Waals surface area contributed by atoms with E-state index in [0.29, 0.717) is 76.7 Å². The first-order valence-corrected chi connectivity index (χ1v) is 38.2. The van der Waals surface area contributed by atoms with Gasteiger partial charge in [0.1, 0.15) is 6.61 Å². The Morgan fingerprint density at radius 1 is 0.308 bits per heavy atom. The summed E-state index contributed by atoms with van der Waals surface area (Å²) < 4.78 is 16.3. The summed E-state index contributed by atoms with van der Waals surface area (Å²) in [7, 11) is 0. The fraction of sp³-hybridized carbons (Fsp3) is 0.808. The Balaban J connectivity index is 0.000000569. The third kappa shape index (κ3) is 63.1. The Morgan fingerprint density at radius 2 is 0.648 bits per heavy atom. The maximum Gasteiger partial charge on any atom is 0.305 e. The largest absolute Gasteiger partial charge is 0.466 e. The van der Waals surface area contributed by atoms with E-state index in [1.807, 2.05) is 0 Å². The minimum atomic E-state index is -0.0582. The molecule has 0 saturated carbocycles. The number of hydrogen-bond acceptors (Lipinski definition) is 10. The monoisotopic (exact) mass is 1280 g/mol. The van der Waals surface area contributed by atoms with Gasteiger partial charge in [0.25, 0.3) is 0 Å². The second kappa shape index (κ2) is 68.8. The first-order valence-electron chi connectivity index (χ1n) is 38.2. The summed E-state index contributed by atoms with van der Waals surface area (Å²) in [5.41, 5.74) is 0. The standard InChI is InChI=1S/C16H30N2O.2C16H29NO2.C15H27NO.C15H26O2/c1-2-10-15-11-8-6-4-3-5-7-9-12-16(19)18-14-13-17-15;1-2-10-15-11-8-6-4-3-5-7-9-12-16(18)17-13-14-19-15;1-2-10-15-11-8-6-4-3-5-7-9-12-16(18)19-14-13-17-15;17-15-13-11-9-7-5-3-1-2-4-6-8-10-12-14-16-15;16-15-13-11-9-7-5-3-1-2-4-6-8-10-12-14-17-15/h3,5,15,17H,2,4,6-14H2,1H3,(H,18,19);3,5,15H,2,4,6-14H2,1H3,(H,17,18);3,5,15,17H,2,4,6-14H2,1H3;5,7H,1-4,6,8-14H2,(H,16,17);5,7H,1-4,6,8-14H2/b3*5-3-;2*7-5-. The van der Waals surface area contributed by atoms with Crippen LogP contribution >= 0.6 is 0 Å². The van der Waals surface area contributed by atoms with Crippen LogP contribution in [0.25, 0.3) is 0 Å². The number of ether oxygens (including phenoxy) is 3. The summed E-state index contributed by atoms with van der Waals surface area (Å²) in [6.07, 6.45) is 78.1. The second-order valence-corrected chi connectivity index (χ2v) is 25.9. The van der Waals surface area contributed by atoms with Crippen LogP contribution in [0.1, 0.15) is 335 Å². The van der Waals surface area contributed by atoms with Crippen LogP contribution in [0.3, 0.4) is 0 Å². The normalized spacial score (nSPS) is 25.2. The third-order valence-corrected chi connectivity index (χ3v) is 17.1. The molecule has 3 atom stereocenters. The Labute approximate surface area is 558 Å². The quantitative estimate of drug-likeness (QED) is 0.127. The summed E-state index contributed by atoms with van der Waals surface area (Å²) in [4.78, 5) is 57.3. The topological polar surface area (TPSA) is 173 Å². The molecule has 5 rings (SSSR count). The number of nitrogens with one attached hydrogen (secondary N) is 5. The molecule has 0 radical (unpaired) electrons. The van der Waals surface area contributed by atoms with Gasteiger partial charge in [0, 0.05) is 76.9 Å². The Hall–Kier alpha value is -4.07. The molecule has 0 aromatic rings. The number of carbonyl (C=O) groups excluding carboxylic acids is 5. The molecule has 0 aromatic heterocycles. The smallest absolute Gasteiger partial charge is 0.305 e. The van der Waals surface area contributed by atoms with Crippen molar-refractivity contribution >= 4 is 29.7 Å². The lowest BCUT2D eigenvalue weighted by Crippen LogP contribution is -2.37. The molecule has 0 saturated heterocycles. The van der Waals surface area contributed by atoms with Gasteiger partial charge in [-0.05, 0) is 180 Å². The van der Waals surface area contributed by atoms with E-state index >= 15 is 0 Å². The fourth-order valence-electron chi connectivity index (χ4n) is 11.7. The van der Waals surface area contributed by atoms with Crippen LogP contribution in [0.5, 0.6) is 0 Å². The van der Waals surface area contributed by atoms with Crippen LogP contribution in [0.2, 0.25) is 0 Å². The number of hydrogen-bond donors (Lipinski definition) is 5. The van der Waals surface area contributed by atoms with E-state index < -0.39 is 0 Å². The van der Waals surface area contributed by atoms with Gasteiger partial charge in [-0.1, -0.05) is 184 Å². The zero-order valence-electron chi connectivity index (χ0n) is 59.1. The zero-order chi connectivity index (χ0) is 65.7. The third-order valence-electron chi connectivity index (χ3n) is 17.1. The Morgan fingerprint density at radius 3 is 1.10 bits per heavy atom. The van der Waals surface area contributed by atoms with E-state index in [1.54, 1.807) is 0 Å². The molecular weight excluding hydrogens is 1130 g/mol. The maximum atomic E-state index is 11.6. The minimum absolute atomic E-state index is 0.0227. The molecule has 0 bridgehead atoms. The summed E-state index contributed by atoms with van der Waals surface area (Å²) in [6, 6.07) is 1.20. The maximum absolute atomic E-state index is 11.6. The van der Waals surface area contributed by atoms with Crippen molar-refractivity contribution in [2.45, 2.75) is 354 Å². The number of amides is 3. The van der Waals surface area contributed by atoms with E-state index in [2.05, 4.69) is 108 Å². The van der Waals surface area contributed by atoms with Crippen molar-refractivity contribution < 1.29 is 38.2 Å². The van der Waals surface area contributed by atoms with Crippen molar-refractivity contribution in [3.05, 3.63) is 60.8 Å². The highest BCUT2D eigenvalue weighted by Crippen LogP contribution is 2.16. The summed E-state index contributed by atoms with van der Waals surface area (Å²) in [5, 5.41) is 16.0. The molecule has 5 N–H and O–H groups in total. The molecular formula is C78H141N5O8. The van der Waals surface area contributed by atoms with Crippen LogP contribution in [-0.4, -0.2) is 100 Å². The van der Waals surface area contributed by atoms with E-state index in [0.717, 1.165) is 129 Å². The first kappa shape index (κ1) is 84.9. The van der Waals surface area contributed by atoms with Crippen molar-refractivity contribution in [2.24, 2.45) is 0 Å². The minimum Gasteiger partial charge on any atom is -0.466 e. The lowest BCUT2D eigenvalue weighted by atomic mass is 10.0. The highest BCUT2D eigenvalue weighted by molar-refractivity contribution is 5.76. The molecule has 0 fully saturated rings. The highest BCUT2D eigenvalue weighted by Gasteiger charge is 2.12. The van der Waals surface area contributed by atoms with Gasteiger partial charge in [0.2, 0.25) is 17.7 Å². The summed E-state index contributed by atoms with van der Waals surface area (Å²) in [5.74, 6) is 0.490. The molecule has 3 unspecified atom stereocenters. The molecule has 13 heteroatoms. The van der Waals surface area contributed by atoms with Crippen LogP contribution in [-0.2, 0) is 38.2 Å². The van der Waals surface area contributed by atoms with Crippen LogP contribution < -0.4 is 26.6 Å². The lowest BCUT2D eigenvalue weighted by molar-refractivity contribution is -0.144. The van der Waals surface area contributed by atoms with Gasteiger partial charge in [0.05, 0.1) is 19.3 Å². The van der Waals surface area contributed by atoms with Crippen LogP contribution in [0.15, 0.2) is 60.8 Å². The molecule has 5 aliphatic heterocycles. The van der Waals surface area contributed by atoms with Crippen molar-refractivity contribution in [3.8, 4) is 0 Å². The lowest BCUT2D eigenvalue weighted by Gasteiger charge is -2.18. The van der Waals surface area contributed by atoms with E-state index in [4.69, 9.17) is 14.2 Å². The molecule has 0 aromatic carbocycles. The molecule has 526 valence electrons. The number of carbonyl (C=O) groups is 5. The van der Waals surface area contributed by atoms with Crippen LogP contribution in [0, 0.1) is 0 Å². The van der Waals surface area contributed by atoms with Gasteiger partial charge in [-0.25, -0.2) is 0 Å². The Bertz CT molecular complexity index is 1660.